The number of H-pyrrole nitrogens is 1. The van der Waals surface area contributed by atoms with E-state index < -0.39 is 9.05 Å². The van der Waals surface area contributed by atoms with Gasteiger partial charge in [0.05, 0.1) is 10.5 Å². The summed E-state index contributed by atoms with van der Waals surface area (Å²) in [5.41, 5.74) is 0.773. The van der Waals surface area contributed by atoms with Crippen LogP contribution in [0.2, 0.25) is 5.02 Å². The highest BCUT2D eigenvalue weighted by molar-refractivity contribution is 9.10. The minimum Gasteiger partial charge on any atom is -0.332 e. The Balaban J connectivity index is 2.98. The van der Waals surface area contributed by atoms with E-state index in [0.29, 0.717) is 10.3 Å². The topological polar surface area (TPSA) is 62.8 Å². The highest BCUT2D eigenvalue weighted by Crippen LogP contribution is 2.31. The van der Waals surface area contributed by atoms with Gasteiger partial charge in [0.1, 0.15) is 10.4 Å². The number of benzene rings is 1. The van der Waals surface area contributed by atoms with Crippen LogP contribution in [0.25, 0.3) is 11.0 Å². The molecule has 0 unspecified atom stereocenters. The lowest BCUT2D eigenvalue weighted by molar-refractivity contribution is 0.610. The first kappa shape index (κ1) is 11.2. The van der Waals surface area contributed by atoms with E-state index in [4.69, 9.17) is 22.3 Å². The molecule has 0 radical (unpaired) electrons. The van der Waals surface area contributed by atoms with Crippen LogP contribution in [0, 0.1) is 0 Å². The number of nitrogens with zero attached hydrogens (tertiary/aromatic N) is 1. The second-order valence-electron chi connectivity index (χ2n) is 2.74. The summed E-state index contributed by atoms with van der Waals surface area (Å²) in [7, 11) is 1.36. The van der Waals surface area contributed by atoms with E-state index in [1.165, 1.54) is 6.07 Å². The Morgan fingerprint density at radius 3 is 2.67 bits per heavy atom. The normalized spacial score (nSPS) is 12.2. The van der Waals surface area contributed by atoms with Gasteiger partial charge in [-0.05, 0) is 28.1 Å². The highest BCUT2D eigenvalue weighted by Gasteiger charge is 2.21. The third-order valence-corrected chi connectivity index (χ3v) is 3.94. The molecule has 1 aromatic carbocycles. The molecule has 0 fully saturated rings. The smallest absolute Gasteiger partial charge is 0.265 e. The van der Waals surface area contributed by atoms with E-state index in [9.17, 15) is 8.42 Å². The Hall–Kier alpha value is -0.300. The van der Waals surface area contributed by atoms with Crippen LogP contribution in [-0.2, 0) is 9.05 Å². The minimum absolute atomic E-state index is 0.0523. The van der Waals surface area contributed by atoms with Crippen molar-refractivity contribution in [2.24, 2.45) is 0 Å². The van der Waals surface area contributed by atoms with Crippen molar-refractivity contribution >= 4 is 58.3 Å². The Labute approximate surface area is 103 Å². The van der Waals surface area contributed by atoms with E-state index in [1.54, 1.807) is 6.07 Å². The van der Waals surface area contributed by atoms with Crippen molar-refractivity contribution in [1.82, 2.24) is 9.97 Å². The van der Waals surface area contributed by atoms with Crippen molar-refractivity contribution in [2.75, 3.05) is 0 Å². The van der Waals surface area contributed by atoms with Crippen molar-refractivity contribution in [3.63, 3.8) is 0 Å². The molecule has 1 aromatic heterocycles. The lowest BCUT2D eigenvalue weighted by atomic mass is 10.3. The maximum absolute atomic E-state index is 11.3. The monoisotopic (exact) mass is 328 g/mol. The highest BCUT2D eigenvalue weighted by atomic mass is 79.9. The SMILES string of the molecule is O=S(=O)(Cl)c1c(Cl)ccc2[nH]c(Br)nc12. The van der Waals surface area contributed by atoms with Gasteiger partial charge in [0.25, 0.3) is 9.05 Å². The van der Waals surface area contributed by atoms with E-state index in [2.05, 4.69) is 25.9 Å². The molecule has 0 bridgehead atoms. The fourth-order valence-corrected chi connectivity index (χ4v) is 3.35. The predicted molar refractivity (Wildman–Crippen MR) is 61.8 cm³/mol. The zero-order valence-electron chi connectivity index (χ0n) is 6.96. The number of halogens is 3. The van der Waals surface area contributed by atoms with Gasteiger partial charge in [-0.3, -0.25) is 0 Å². The molecule has 1 heterocycles. The number of rotatable bonds is 1. The molecule has 0 amide bonds. The van der Waals surface area contributed by atoms with Gasteiger partial charge in [0.2, 0.25) is 0 Å². The Kier molecular flexibility index (Phi) is 2.70. The number of fused-ring (bicyclic) bond motifs is 1. The fraction of sp³-hybridized carbons (Fsp3) is 0. The second kappa shape index (κ2) is 3.62. The molecular formula is C7H3BrCl2N2O2S. The number of hydrogen-bond acceptors (Lipinski definition) is 3. The first-order chi connectivity index (χ1) is 6.89. The average Bonchev–Trinajstić information content (AvgIpc) is 2.41. The number of hydrogen-bond donors (Lipinski definition) is 1. The van der Waals surface area contributed by atoms with Crippen LogP contribution in [0.4, 0.5) is 0 Å². The molecule has 0 aliphatic carbocycles. The van der Waals surface area contributed by atoms with Crippen molar-refractivity contribution in [1.29, 1.82) is 0 Å². The molecule has 2 aromatic rings. The average molecular weight is 330 g/mol. The second-order valence-corrected chi connectivity index (χ2v) is 6.40. The van der Waals surface area contributed by atoms with Gasteiger partial charge in [-0.15, -0.1) is 0 Å². The molecule has 0 aliphatic rings. The van der Waals surface area contributed by atoms with Crippen LogP contribution in [0.1, 0.15) is 0 Å². The summed E-state index contributed by atoms with van der Waals surface area (Å²) >= 11 is 8.87. The van der Waals surface area contributed by atoms with Gasteiger partial charge >= 0.3 is 0 Å². The molecule has 1 N–H and O–H groups in total. The summed E-state index contributed by atoms with van der Waals surface area (Å²) in [5, 5.41) is 0.0523. The number of aromatic nitrogens is 2. The Morgan fingerprint density at radius 1 is 1.40 bits per heavy atom. The summed E-state index contributed by atoms with van der Waals surface area (Å²) in [6.07, 6.45) is 0. The number of imidazole rings is 1. The molecule has 8 heteroatoms. The standard InChI is InChI=1S/C7H3BrCl2N2O2S/c8-7-11-4-2-1-3(9)6(5(4)12-7)15(10,13)14/h1-2H,(H,11,12). The summed E-state index contributed by atoms with van der Waals surface area (Å²) in [6, 6.07) is 3.07. The lowest BCUT2D eigenvalue weighted by Gasteiger charge is -1.99. The molecule has 0 saturated heterocycles. The van der Waals surface area contributed by atoms with Gasteiger partial charge < -0.3 is 4.98 Å². The van der Waals surface area contributed by atoms with Crippen LogP contribution in [0.15, 0.2) is 21.8 Å². The lowest BCUT2D eigenvalue weighted by Crippen LogP contribution is -1.93. The summed E-state index contributed by atoms with van der Waals surface area (Å²) in [5.74, 6) is 0. The molecule has 4 nitrogen and oxygen atoms in total. The molecule has 2 rings (SSSR count). The van der Waals surface area contributed by atoms with Crippen LogP contribution in [0.3, 0.4) is 0 Å². The zero-order valence-corrected chi connectivity index (χ0v) is 10.9. The first-order valence-corrected chi connectivity index (χ1v) is 7.16. The molecule has 80 valence electrons. The van der Waals surface area contributed by atoms with E-state index in [-0.39, 0.29) is 15.4 Å². The van der Waals surface area contributed by atoms with E-state index in [0.717, 1.165) is 0 Å². The molecule has 0 spiro atoms. The van der Waals surface area contributed by atoms with Gasteiger partial charge in [0, 0.05) is 10.7 Å². The van der Waals surface area contributed by atoms with Crippen LogP contribution in [-0.4, -0.2) is 18.4 Å². The molecule has 0 aliphatic heterocycles. The van der Waals surface area contributed by atoms with Crippen LogP contribution >= 0.6 is 38.2 Å². The van der Waals surface area contributed by atoms with E-state index in [1.807, 2.05) is 0 Å². The Morgan fingerprint density at radius 2 is 2.07 bits per heavy atom. The molecule has 15 heavy (non-hydrogen) atoms. The third kappa shape index (κ3) is 1.99. The van der Waals surface area contributed by atoms with Crippen LogP contribution < -0.4 is 0 Å². The maximum Gasteiger partial charge on any atom is 0.265 e. The molecule has 0 saturated carbocycles. The fourth-order valence-electron chi connectivity index (χ4n) is 1.23. The number of nitrogens with one attached hydrogen (secondary N) is 1. The minimum atomic E-state index is -3.91. The van der Waals surface area contributed by atoms with Crippen LogP contribution in [0.5, 0.6) is 0 Å². The van der Waals surface area contributed by atoms with Crippen molar-refractivity contribution in [3.8, 4) is 0 Å². The summed E-state index contributed by atoms with van der Waals surface area (Å²) < 4.78 is 23.0. The third-order valence-electron chi connectivity index (χ3n) is 1.78. The largest absolute Gasteiger partial charge is 0.332 e. The summed E-state index contributed by atoms with van der Waals surface area (Å²) in [6.45, 7) is 0. The maximum atomic E-state index is 11.3. The predicted octanol–water partition coefficient (Wildman–Crippen LogP) is 2.91. The number of aromatic amines is 1. The van der Waals surface area contributed by atoms with Gasteiger partial charge in [-0.25, -0.2) is 13.4 Å². The summed E-state index contributed by atoms with van der Waals surface area (Å²) in [4.78, 5) is 6.60. The zero-order chi connectivity index (χ0) is 11.2. The molecular weight excluding hydrogens is 327 g/mol. The van der Waals surface area contributed by atoms with Crippen molar-refractivity contribution in [3.05, 3.63) is 21.9 Å². The van der Waals surface area contributed by atoms with E-state index >= 15 is 0 Å². The van der Waals surface area contributed by atoms with Gasteiger partial charge in [-0.1, -0.05) is 11.6 Å². The Bertz CT molecular complexity index is 638. The van der Waals surface area contributed by atoms with Gasteiger partial charge in [0.15, 0.2) is 4.73 Å². The first-order valence-electron chi connectivity index (χ1n) is 3.68. The van der Waals surface area contributed by atoms with Gasteiger partial charge in [-0.2, -0.15) is 0 Å². The van der Waals surface area contributed by atoms with Crippen molar-refractivity contribution < 1.29 is 8.42 Å². The molecule has 0 atom stereocenters. The van der Waals surface area contributed by atoms with Crippen molar-refractivity contribution in [2.45, 2.75) is 4.90 Å². The quantitative estimate of drug-likeness (QED) is 0.818.